The topological polar surface area (TPSA) is 50.9 Å². The van der Waals surface area contributed by atoms with Crippen LogP contribution in [0.15, 0.2) is 43.5 Å². The van der Waals surface area contributed by atoms with Crippen LogP contribution in [-0.4, -0.2) is 19.9 Å². The van der Waals surface area contributed by atoms with Crippen LogP contribution in [0.2, 0.25) is 0 Å². The number of aromatic nitrogens is 3. The summed E-state index contributed by atoms with van der Waals surface area (Å²) in [6.45, 7) is 14.0. The Hall–Kier alpha value is -2.08. The molecular formula is C21H29F2N3O. The van der Waals surface area contributed by atoms with Crippen molar-refractivity contribution < 1.29 is 13.9 Å². The monoisotopic (exact) mass is 377 g/mol. The lowest BCUT2D eigenvalue weighted by atomic mass is 9.62. The Morgan fingerprint density at radius 3 is 2.44 bits per heavy atom. The molecule has 1 N–H and O–H groups in total. The van der Waals surface area contributed by atoms with Gasteiger partial charge in [-0.1, -0.05) is 46.8 Å². The van der Waals surface area contributed by atoms with Crippen molar-refractivity contribution in [1.29, 1.82) is 0 Å². The number of hydrogen-bond donors (Lipinski definition) is 1. The van der Waals surface area contributed by atoms with E-state index in [9.17, 15) is 13.9 Å². The number of allylic oxidation sites excluding steroid dienone is 1. The Kier molecular flexibility index (Phi) is 5.90. The van der Waals surface area contributed by atoms with E-state index in [1.54, 1.807) is 0 Å². The smallest absolute Gasteiger partial charge is 0.137 e. The van der Waals surface area contributed by atoms with Crippen molar-refractivity contribution in [2.24, 2.45) is 16.7 Å². The number of halogens is 2. The lowest BCUT2D eigenvalue weighted by molar-refractivity contribution is -0.0892. The fourth-order valence-corrected chi connectivity index (χ4v) is 3.90. The molecule has 0 saturated heterocycles. The second kappa shape index (κ2) is 7.50. The zero-order valence-corrected chi connectivity index (χ0v) is 16.7. The molecule has 0 saturated carbocycles. The summed E-state index contributed by atoms with van der Waals surface area (Å²) in [6, 6.07) is 3.28. The summed E-state index contributed by atoms with van der Waals surface area (Å²) in [5, 5.41) is 15.8. The van der Waals surface area contributed by atoms with Gasteiger partial charge in [-0.15, -0.1) is 6.58 Å². The average Bonchev–Trinajstić information content (AvgIpc) is 3.05. The van der Waals surface area contributed by atoms with Crippen LogP contribution in [0, 0.1) is 28.4 Å². The summed E-state index contributed by atoms with van der Waals surface area (Å²) in [7, 11) is 0. The maximum atomic E-state index is 14.7. The number of hydrogen-bond acceptors (Lipinski definition) is 3. The third-order valence-electron chi connectivity index (χ3n) is 5.62. The molecule has 2 rings (SSSR count). The maximum Gasteiger partial charge on any atom is 0.137 e. The highest BCUT2D eigenvalue weighted by atomic mass is 19.1. The largest absolute Gasteiger partial charge is 0.383 e. The molecule has 6 heteroatoms. The maximum absolute atomic E-state index is 14.7. The molecule has 2 atom stereocenters. The van der Waals surface area contributed by atoms with Gasteiger partial charge in [0.25, 0.3) is 0 Å². The summed E-state index contributed by atoms with van der Waals surface area (Å²) in [6.07, 6.45) is 5.45. The van der Waals surface area contributed by atoms with Crippen molar-refractivity contribution in [3.8, 4) is 0 Å². The van der Waals surface area contributed by atoms with E-state index in [-0.39, 0.29) is 28.9 Å². The summed E-state index contributed by atoms with van der Waals surface area (Å²) in [4.78, 5) is 3.90. The summed E-state index contributed by atoms with van der Waals surface area (Å²) in [5.74, 6) is -1.84. The zero-order valence-electron chi connectivity index (χ0n) is 16.7. The molecule has 0 radical (unpaired) electrons. The Labute approximate surface area is 159 Å². The SMILES string of the molecule is C=CC(C)(C)CC(C)(C)C(C)C(O)(Cn1cncn1)c1ccc(F)cc1F. The van der Waals surface area contributed by atoms with Gasteiger partial charge in [0.1, 0.15) is 29.9 Å². The predicted molar refractivity (Wildman–Crippen MR) is 102 cm³/mol. The first-order valence-electron chi connectivity index (χ1n) is 9.05. The van der Waals surface area contributed by atoms with Crippen LogP contribution in [0.1, 0.15) is 46.6 Å². The highest BCUT2D eigenvalue weighted by Gasteiger charge is 2.47. The van der Waals surface area contributed by atoms with Crippen LogP contribution in [-0.2, 0) is 12.1 Å². The number of benzene rings is 1. The predicted octanol–water partition coefficient (Wildman–Crippen LogP) is 4.71. The zero-order chi connectivity index (χ0) is 20.5. The fraction of sp³-hybridized carbons (Fsp3) is 0.524. The Morgan fingerprint density at radius 1 is 1.26 bits per heavy atom. The molecule has 0 spiro atoms. The van der Waals surface area contributed by atoms with Gasteiger partial charge in [-0.05, 0) is 29.2 Å². The molecule has 1 aromatic heterocycles. The number of aliphatic hydroxyl groups is 1. The van der Waals surface area contributed by atoms with Gasteiger partial charge in [0.15, 0.2) is 0 Å². The van der Waals surface area contributed by atoms with Gasteiger partial charge in [-0.25, -0.2) is 18.4 Å². The van der Waals surface area contributed by atoms with Crippen LogP contribution >= 0.6 is 0 Å². The lowest BCUT2D eigenvalue weighted by Gasteiger charge is -2.46. The van der Waals surface area contributed by atoms with E-state index in [4.69, 9.17) is 0 Å². The standard InChI is InChI=1S/C21H29F2N3O/c1-7-19(3,4)11-20(5,6)15(2)21(27,12-26-14-24-13-25-26)17-9-8-16(22)10-18(17)23/h7-10,13-15,27H,1,11-12H2,2-6H3. The molecule has 0 aliphatic carbocycles. The fourth-order valence-electron chi connectivity index (χ4n) is 3.90. The van der Waals surface area contributed by atoms with Crippen molar-refractivity contribution in [3.63, 3.8) is 0 Å². The molecule has 0 fully saturated rings. The number of nitrogens with zero attached hydrogens (tertiary/aromatic N) is 3. The van der Waals surface area contributed by atoms with Gasteiger partial charge in [0, 0.05) is 11.6 Å². The summed E-state index contributed by atoms with van der Waals surface area (Å²) >= 11 is 0. The minimum atomic E-state index is -1.60. The van der Waals surface area contributed by atoms with Crippen molar-refractivity contribution in [2.75, 3.05) is 0 Å². The molecule has 27 heavy (non-hydrogen) atoms. The quantitative estimate of drug-likeness (QED) is 0.678. The second-order valence-electron chi connectivity index (χ2n) is 8.72. The van der Waals surface area contributed by atoms with Gasteiger partial charge < -0.3 is 5.11 Å². The molecular weight excluding hydrogens is 348 g/mol. The summed E-state index contributed by atoms with van der Waals surface area (Å²) in [5.41, 5.74) is -2.09. The molecule has 0 aliphatic rings. The Balaban J connectivity index is 2.52. The van der Waals surface area contributed by atoms with Crippen molar-refractivity contribution in [2.45, 2.75) is 53.2 Å². The molecule has 2 aromatic rings. The van der Waals surface area contributed by atoms with Crippen LogP contribution in [0.4, 0.5) is 8.78 Å². The third kappa shape index (κ3) is 4.61. The first kappa shape index (κ1) is 21.2. The van der Waals surface area contributed by atoms with Gasteiger partial charge in [0.2, 0.25) is 0 Å². The van der Waals surface area contributed by atoms with Crippen molar-refractivity contribution >= 4 is 0 Å². The van der Waals surface area contributed by atoms with Crippen molar-refractivity contribution in [3.05, 3.63) is 60.7 Å². The average molecular weight is 377 g/mol. The molecule has 0 bridgehead atoms. The lowest BCUT2D eigenvalue weighted by Crippen LogP contribution is -2.46. The van der Waals surface area contributed by atoms with Crippen molar-refractivity contribution in [1.82, 2.24) is 14.8 Å². The summed E-state index contributed by atoms with van der Waals surface area (Å²) < 4.78 is 29.6. The molecule has 1 heterocycles. The van der Waals surface area contributed by atoms with E-state index < -0.39 is 17.2 Å². The minimum absolute atomic E-state index is 0.00860. The molecule has 0 amide bonds. The first-order chi connectivity index (χ1) is 12.4. The van der Waals surface area contributed by atoms with E-state index in [1.807, 2.05) is 26.8 Å². The van der Waals surface area contributed by atoms with Crippen LogP contribution in [0.25, 0.3) is 0 Å². The second-order valence-corrected chi connectivity index (χ2v) is 8.72. The van der Waals surface area contributed by atoms with E-state index in [0.717, 1.165) is 18.6 Å². The van der Waals surface area contributed by atoms with Gasteiger partial charge in [-0.2, -0.15) is 5.10 Å². The van der Waals surface area contributed by atoms with E-state index in [0.29, 0.717) is 0 Å². The van der Waals surface area contributed by atoms with Gasteiger partial charge >= 0.3 is 0 Å². The first-order valence-corrected chi connectivity index (χ1v) is 9.05. The molecule has 1 aromatic carbocycles. The van der Waals surface area contributed by atoms with E-state index in [2.05, 4.69) is 30.5 Å². The van der Waals surface area contributed by atoms with E-state index >= 15 is 0 Å². The Bertz CT molecular complexity index is 787. The highest BCUT2D eigenvalue weighted by molar-refractivity contribution is 5.26. The molecule has 148 valence electrons. The Morgan fingerprint density at radius 2 is 1.93 bits per heavy atom. The highest BCUT2D eigenvalue weighted by Crippen LogP contribution is 2.48. The van der Waals surface area contributed by atoms with Crippen LogP contribution in [0.5, 0.6) is 0 Å². The van der Waals surface area contributed by atoms with Crippen LogP contribution < -0.4 is 0 Å². The van der Waals surface area contributed by atoms with E-state index in [1.165, 1.54) is 23.4 Å². The van der Waals surface area contributed by atoms with Gasteiger partial charge in [-0.3, -0.25) is 0 Å². The number of rotatable bonds is 8. The normalized spacial score (nSPS) is 16.0. The van der Waals surface area contributed by atoms with Crippen LogP contribution in [0.3, 0.4) is 0 Å². The molecule has 0 aliphatic heterocycles. The minimum Gasteiger partial charge on any atom is -0.383 e. The molecule has 2 unspecified atom stereocenters. The third-order valence-corrected chi connectivity index (χ3v) is 5.62. The molecule has 4 nitrogen and oxygen atoms in total. The van der Waals surface area contributed by atoms with Gasteiger partial charge in [0.05, 0.1) is 6.54 Å².